The van der Waals surface area contributed by atoms with E-state index in [1.165, 1.54) is 25.9 Å². The fourth-order valence-corrected chi connectivity index (χ4v) is 5.74. The molecule has 1 N–H and O–H groups in total. The quantitative estimate of drug-likeness (QED) is 0.605. The number of thiazole rings is 1. The molecule has 6 heteroatoms. The molecule has 1 aromatic carbocycles. The molecule has 0 bridgehead atoms. The van der Waals surface area contributed by atoms with Gasteiger partial charge >= 0.3 is 0 Å². The standard InChI is InChI=1S/C22H25N3OS2/c1-2-11-25(15-18-8-6-13-27-18)21(26)16-24-12-5-7-17(14-24)22-23-19-9-3-4-10-20(19)28-22/h2-4,6,8-10,13,17H,1,5,7,11-12,14-16H2/p+1/t17-/m0/s1. The number of hydrogen-bond acceptors (Lipinski definition) is 4. The van der Waals surface area contributed by atoms with Gasteiger partial charge in [0.05, 0.1) is 35.8 Å². The van der Waals surface area contributed by atoms with Gasteiger partial charge in [0.15, 0.2) is 6.54 Å². The Morgan fingerprint density at radius 1 is 1.32 bits per heavy atom. The minimum absolute atomic E-state index is 0.216. The van der Waals surface area contributed by atoms with Gasteiger partial charge < -0.3 is 9.80 Å². The lowest BCUT2D eigenvalue weighted by Crippen LogP contribution is -3.14. The summed E-state index contributed by atoms with van der Waals surface area (Å²) in [5, 5.41) is 3.29. The maximum absolute atomic E-state index is 13.0. The number of hydrogen-bond donors (Lipinski definition) is 1. The molecule has 4 nitrogen and oxygen atoms in total. The molecule has 28 heavy (non-hydrogen) atoms. The molecule has 3 heterocycles. The Kier molecular flexibility index (Phi) is 6.20. The van der Waals surface area contributed by atoms with Gasteiger partial charge in [0.2, 0.25) is 0 Å². The Labute approximate surface area is 174 Å². The number of nitrogens with zero attached hydrogens (tertiary/aromatic N) is 2. The fraction of sp³-hybridized carbons (Fsp3) is 0.364. The molecule has 2 atom stereocenters. The largest absolute Gasteiger partial charge is 0.329 e. The van der Waals surface area contributed by atoms with E-state index in [0.717, 1.165) is 25.0 Å². The minimum Gasteiger partial charge on any atom is -0.329 e. The van der Waals surface area contributed by atoms with E-state index in [-0.39, 0.29) is 5.91 Å². The number of aromatic nitrogens is 1. The number of para-hydroxylation sites is 1. The summed E-state index contributed by atoms with van der Waals surface area (Å²) < 4.78 is 1.26. The number of fused-ring (bicyclic) bond motifs is 1. The van der Waals surface area contributed by atoms with Crippen molar-refractivity contribution in [3.63, 3.8) is 0 Å². The van der Waals surface area contributed by atoms with E-state index in [9.17, 15) is 4.79 Å². The number of carbonyl (C=O) groups excluding carboxylic acids is 1. The number of benzene rings is 1. The first-order chi connectivity index (χ1) is 13.7. The lowest BCUT2D eigenvalue weighted by atomic mass is 9.98. The molecule has 4 rings (SSSR count). The second-order valence-corrected chi connectivity index (χ2v) is 9.48. The van der Waals surface area contributed by atoms with Crippen molar-refractivity contribution in [2.24, 2.45) is 0 Å². The number of piperidine rings is 1. The summed E-state index contributed by atoms with van der Waals surface area (Å²) in [6.45, 7) is 7.72. The van der Waals surface area contributed by atoms with E-state index in [2.05, 4.69) is 36.2 Å². The summed E-state index contributed by atoms with van der Waals surface area (Å²) in [5.41, 5.74) is 1.10. The number of thiophene rings is 1. The molecular formula is C22H26N3OS2+. The zero-order chi connectivity index (χ0) is 19.3. The van der Waals surface area contributed by atoms with Crippen LogP contribution in [-0.2, 0) is 11.3 Å². The SMILES string of the molecule is C=CCN(Cc1cccs1)C(=O)C[NH+]1CCC[C@H](c2nc3ccccc3s2)C1. The first kappa shape index (κ1) is 19.3. The summed E-state index contributed by atoms with van der Waals surface area (Å²) >= 11 is 3.51. The highest BCUT2D eigenvalue weighted by Crippen LogP contribution is 2.30. The highest BCUT2D eigenvalue weighted by molar-refractivity contribution is 7.18. The molecule has 1 amide bonds. The van der Waals surface area contributed by atoms with Crippen molar-refractivity contribution in [2.45, 2.75) is 25.3 Å². The van der Waals surface area contributed by atoms with Crippen LogP contribution in [0.4, 0.5) is 0 Å². The highest BCUT2D eigenvalue weighted by Gasteiger charge is 2.29. The van der Waals surface area contributed by atoms with E-state index in [0.29, 0.717) is 25.6 Å². The van der Waals surface area contributed by atoms with Crippen molar-refractivity contribution >= 4 is 38.8 Å². The van der Waals surface area contributed by atoms with Gasteiger partial charge in [0, 0.05) is 11.4 Å². The number of likely N-dealkylation sites (tertiary alicyclic amines) is 1. The molecule has 1 aliphatic heterocycles. The predicted octanol–water partition coefficient (Wildman–Crippen LogP) is 3.33. The third kappa shape index (κ3) is 4.51. The molecule has 3 aromatic rings. The Morgan fingerprint density at radius 2 is 2.21 bits per heavy atom. The third-order valence-electron chi connectivity index (χ3n) is 5.31. The molecule has 1 saturated heterocycles. The van der Waals surface area contributed by atoms with Gasteiger partial charge in [0.25, 0.3) is 5.91 Å². The average molecular weight is 413 g/mol. The smallest absolute Gasteiger partial charge is 0.278 e. The number of carbonyl (C=O) groups is 1. The van der Waals surface area contributed by atoms with Gasteiger partial charge in [-0.1, -0.05) is 24.3 Å². The van der Waals surface area contributed by atoms with E-state index < -0.39 is 0 Å². The third-order valence-corrected chi connectivity index (χ3v) is 7.37. The topological polar surface area (TPSA) is 37.6 Å². The van der Waals surface area contributed by atoms with Crippen LogP contribution in [0.5, 0.6) is 0 Å². The molecule has 1 unspecified atom stereocenters. The van der Waals surface area contributed by atoms with Crippen molar-refractivity contribution in [3.05, 3.63) is 64.3 Å². The summed E-state index contributed by atoms with van der Waals surface area (Å²) in [6, 6.07) is 12.5. The van der Waals surface area contributed by atoms with Gasteiger partial charge in [-0.2, -0.15) is 0 Å². The van der Waals surface area contributed by atoms with E-state index in [1.54, 1.807) is 11.3 Å². The summed E-state index contributed by atoms with van der Waals surface area (Å²) in [5.74, 6) is 0.673. The Bertz CT molecular complexity index is 901. The van der Waals surface area contributed by atoms with E-state index >= 15 is 0 Å². The van der Waals surface area contributed by atoms with Crippen molar-refractivity contribution in [2.75, 3.05) is 26.2 Å². The van der Waals surface area contributed by atoms with Crippen molar-refractivity contribution < 1.29 is 9.69 Å². The second-order valence-electron chi connectivity index (χ2n) is 7.38. The van der Waals surface area contributed by atoms with Crippen LogP contribution in [0.25, 0.3) is 10.2 Å². The normalized spacial score (nSPS) is 19.6. The van der Waals surface area contributed by atoms with Crippen molar-refractivity contribution in [1.29, 1.82) is 0 Å². The summed E-state index contributed by atoms with van der Waals surface area (Å²) in [6.07, 6.45) is 4.14. The van der Waals surface area contributed by atoms with E-state index in [1.807, 2.05) is 34.4 Å². The van der Waals surface area contributed by atoms with Crippen LogP contribution < -0.4 is 4.90 Å². The molecule has 0 spiro atoms. The van der Waals surface area contributed by atoms with Crippen LogP contribution >= 0.6 is 22.7 Å². The van der Waals surface area contributed by atoms with Gasteiger partial charge in [-0.05, 0) is 36.4 Å². The fourth-order valence-electron chi connectivity index (χ4n) is 3.91. The van der Waals surface area contributed by atoms with Gasteiger partial charge in [-0.15, -0.1) is 29.3 Å². The number of rotatable bonds is 7. The first-order valence-corrected chi connectivity index (χ1v) is 11.5. The molecule has 0 radical (unpaired) electrons. The van der Waals surface area contributed by atoms with Crippen LogP contribution in [-0.4, -0.2) is 42.0 Å². The molecular weight excluding hydrogens is 386 g/mol. The Morgan fingerprint density at radius 3 is 3.00 bits per heavy atom. The van der Waals surface area contributed by atoms with Gasteiger partial charge in [0.1, 0.15) is 5.01 Å². The molecule has 1 fully saturated rings. The summed E-state index contributed by atoms with van der Waals surface area (Å²) in [4.78, 5) is 22.3. The molecule has 2 aromatic heterocycles. The van der Waals surface area contributed by atoms with Gasteiger partial charge in [-0.3, -0.25) is 4.79 Å². The van der Waals surface area contributed by atoms with Crippen molar-refractivity contribution in [1.82, 2.24) is 9.88 Å². The number of nitrogens with one attached hydrogen (secondary N) is 1. The van der Waals surface area contributed by atoms with Crippen molar-refractivity contribution in [3.8, 4) is 0 Å². The predicted molar refractivity (Wildman–Crippen MR) is 117 cm³/mol. The second kappa shape index (κ2) is 8.99. The molecule has 146 valence electrons. The average Bonchev–Trinajstić information content (AvgIpc) is 3.37. The molecule has 1 aliphatic rings. The van der Waals surface area contributed by atoms with E-state index in [4.69, 9.17) is 4.98 Å². The van der Waals surface area contributed by atoms with Crippen LogP contribution in [0.3, 0.4) is 0 Å². The Balaban J connectivity index is 1.40. The zero-order valence-electron chi connectivity index (χ0n) is 16.0. The molecule has 0 aliphatic carbocycles. The maximum Gasteiger partial charge on any atom is 0.278 e. The monoisotopic (exact) mass is 412 g/mol. The highest BCUT2D eigenvalue weighted by atomic mass is 32.1. The minimum atomic E-state index is 0.216. The molecule has 0 saturated carbocycles. The van der Waals surface area contributed by atoms with Crippen LogP contribution in [0.2, 0.25) is 0 Å². The lowest BCUT2D eigenvalue weighted by molar-refractivity contribution is -0.898. The van der Waals surface area contributed by atoms with Crippen LogP contribution in [0.1, 0.15) is 28.6 Å². The van der Waals surface area contributed by atoms with Gasteiger partial charge in [-0.25, -0.2) is 4.98 Å². The lowest BCUT2D eigenvalue weighted by Gasteiger charge is -2.30. The van der Waals surface area contributed by atoms with Crippen LogP contribution in [0.15, 0.2) is 54.4 Å². The Hall–Kier alpha value is -2.02. The summed E-state index contributed by atoms with van der Waals surface area (Å²) in [7, 11) is 0. The van der Waals surface area contributed by atoms with Crippen LogP contribution in [0, 0.1) is 0 Å². The zero-order valence-corrected chi connectivity index (χ0v) is 17.6. The number of amides is 1. The number of quaternary nitrogens is 1. The first-order valence-electron chi connectivity index (χ1n) is 9.83. The maximum atomic E-state index is 13.0.